The quantitative estimate of drug-likeness (QED) is 0.172. The normalized spacial score (nSPS) is 13.4. The average Bonchev–Trinajstić information content (AvgIpc) is 3.17. The monoisotopic (exact) mass is 717 g/mol. The third kappa shape index (κ3) is 7.56. The zero-order chi connectivity index (χ0) is 31.2. The van der Waals surface area contributed by atoms with E-state index in [0.717, 1.165) is 44.9 Å². The molecule has 0 amide bonds. The topological polar surface area (TPSA) is 49.2 Å². The van der Waals surface area contributed by atoms with E-state index >= 15 is 0 Å². The predicted octanol–water partition coefficient (Wildman–Crippen LogP) is 9.95. The lowest BCUT2D eigenvalue weighted by Crippen LogP contribution is -2.44. The summed E-state index contributed by atoms with van der Waals surface area (Å²) in [7, 11) is -4.36. The van der Waals surface area contributed by atoms with Gasteiger partial charge < -0.3 is 8.85 Å². The van der Waals surface area contributed by atoms with Gasteiger partial charge in [-0.1, -0.05) is 65.8 Å². The van der Waals surface area contributed by atoms with Crippen molar-refractivity contribution in [3.63, 3.8) is 0 Å². The van der Waals surface area contributed by atoms with Gasteiger partial charge >= 0.3 is 6.18 Å². The van der Waals surface area contributed by atoms with E-state index in [0.29, 0.717) is 17.8 Å². The first kappa shape index (κ1) is 33.6. The number of rotatable bonds is 8. The maximum Gasteiger partial charge on any atom is 0.416 e. The molecule has 5 nitrogen and oxygen atoms in total. The molecule has 0 N–H and O–H groups in total. The van der Waals surface area contributed by atoms with Gasteiger partial charge in [0.25, 0.3) is 8.32 Å². The minimum absolute atomic E-state index is 0.0263. The molecule has 1 heterocycles. The van der Waals surface area contributed by atoms with Gasteiger partial charge in [-0.15, -0.1) is 5.10 Å². The van der Waals surface area contributed by atoms with Crippen molar-refractivity contribution in [2.45, 2.75) is 104 Å². The largest absolute Gasteiger partial charge is 0.543 e. The van der Waals surface area contributed by atoms with Crippen LogP contribution in [0.3, 0.4) is 0 Å². The molecule has 0 saturated heterocycles. The van der Waals surface area contributed by atoms with Gasteiger partial charge in [0.05, 0.1) is 12.1 Å². The fraction of sp³-hybridized carbons (Fsp3) is 0.533. The van der Waals surface area contributed by atoms with Gasteiger partial charge in [-0.3, -0.25) is 0 Å². The minimum atomic E-state index is -4.37. The lowest BCUT2D eigenvalue weighted by Gasteiger charge is -2.39. The van der Waals surface area contributed by atoms with E-state index in [-0.39, 0.29) is 10.1 Å². The summed E-state index contributed by atoms with van der Waals surface area (Å²) in [6.07, 6.45) is -3.60. The first-order valence-corrected chi connectivity index (χ1v) is 20.8. The average molecular weight is 718 g/mol. The van der Waals surface area contributed by atoms with E-state index in [4.69, 9.17) is 8.85 Å². The van der Waals surface area contributed by atoms with Gasteiger partial charge in [-0.05, 0) is 94.6 Å². The molecule has 0 saturated carbocycles. The fourth-order valence-corrected chi connectivity index (χ4v) is 6.38. The first-order chi connectivity index (χ1) is 18.6. The number of halogens is 4. The summed E-state index contributed by atoms with van der Waals surface area (Å²) in [5.41, 5.74) is 2.63. The second-order valence-corrected chi connectivity index (χ2v) is 24.1. The van der Waals surface area contributed by atoms with Crippen molar-refractivity contribution >= 4 is 39.2 Å². The highest BCUT2D eigenvalue weighted by atomic mass is 127. The second kappa shape index (κ2) is 11.7. The Labute approximate surface area is 258 Å². The Kier molecular flexibility index (Phi) is 9.57. The first-order valence-electron chi connectivity index (χ1n) is 13.9. The Morgan fingerprint density at radius 1 is 0.829 bits per heavy atom. The van der Waals surface area contributed by atoms with E-state index in [1.54, 1.807) is 4.68 Å². The van der Waals surface area contributed by atoms with Crippen molar-refractivity contribution < 1.29 is 22.0 Å². The van der Waals surface area contributed by atoms with Crippen molar-refractivity contribution in [2.24, 2.45) is 0 Å². The Hall–Kier alpha value is -1.87. The number of hydrogen-bond donors (Lipinski definition) is 0. The Bertz CT molecular complexity index is 1370. The molecule has 0 spiro atoms. The third-order valence-electron chi connectivity index (χ3n) is 8.43. The number of benzene rings is 2. The number of aryl methyl sites for hydroxylation is 1. The number of nitrogens with zero attached hydrogens (tertiary/aromatic N) is 3. The van der Waals surface area contributed by atoms with Crippen LogP contribution in [0.25, 0.3) is 11.3 Å². The predicted molar refractivity (Wildman–Crippen MR) is 174 cm³/mol. The van der Waals surface area contributed by atoms with Crippen LogP contribution in [0.15, 0.2) is 36.4 Å². The summed E-state index contributed by atoms with van der Waals surface area (Å²) < 4.78 is 55.3. The van der Waals surface area contributed by atoms with Crippen LogP contribution in [0, 0.1) is 3.70 Å². The van der Waals surface area contributed by atoms with Gasteiger partial charge in [-0.25, -0.2) is 4.68 Å². The van der Waals surface area contributed by atoms with E-state index in [2.05, 4.69) is 114 Å². The summed E-state index contributed by atoms with van der Waals surface area (Å²) in [6.45, 7) is 24.6. The highest BCUT2D eigenvalue weighted by Crippen LogP contribution is 2.45. The smallest absolute Gasteiger partial charge is 0.416 e. The summed E-state index contributed by atoms with van der Waals surface area (Å²) in [4.78, 5) is 0. The maximum atomic E-state index is 13.0. The van der Waals surface area contributed by atoms with E-state index in [9.17, 15) is 13.2 Å². The van der Waals surface area contributed by atoms with Crippen LogP contribution in [0.1, 0.15) is 65.2 Å². The van der Waals surface area contributed by atoms with Gasteiger partial charge in [0.2, 0.25) is 8.32 Å². The lowest BCUT2D eigenvalue weighted by atomic mass is 10.0. The molecule has 1 aromatic heterocycles. The van der Waals surface area contributed by atoms with Crippen LogP contribution in [-0.4, -0.2) is 31.6 Å². The Balaban J connectivity index is 2.11. The zero-order valence-electron chi connectivity index (χ0n) is 26.0. The van der Waals surface area contributed by atoms with Crippen molar-refractivity contribution in [2.75, 3.05) is 0 Å². The highest BCUT2D eigenvalue weighted by molar-refractivity contribution is 14.1. The molecular formula is C30H43F3IN3O2Si2. The Morgan fingerprint density at radius 3 is 1.80 bits per heavy atom. The molecule has 0 aliphatic carbocycles. The molecule has 3 aromatic rings. The molecule has 11 heteroatoms. The molecule has 2 aromatic carbocycles. The van der Waals surface area contributed by atoms with Crippen molar-refractivity contribution in [1.29, 1.82) is 0 Å². The third-order valence-corrected chi connectivity index (χ3v) is 18.2. The van der Waals surface area contributed by atoms with Gasteiger partial charge in [0, 0.05) is 11.6 Å². The second-order valence-electron chi connectivity index (χ2n) is 13.6. The van der Waals surface area contributed by atoms with Crippen molar-refractivity contribution in [3.8, 4) is 22.8 Å². The van der Waals surface area contributed by atoms with Crippen LogP contribution in [0.5, 0.6) is 11.5 Å². The summed E-state index contributed by atoms with van der Waals surface area (Å²) in [5, 5.41) is 8.93. The van der Waals surface area contributed by atoms with Gasteiger partial charge in [0.15, 0.2) is 0 Å². The van der Waals surface area contributed by atoms with Crippen LogP contribution in [0.2, 0.25) is 36.3 Å². The van der Waals surface area contributed by atoms with Gasteiger partial charge in [-0.2, -0.15) is 13.2 Å². The van der Waals surface area contributed by atoms with E-state index < -0.39 is 28.4 Å². The van der Waals surface area contributed by atoms with Crippen molar-refractivity contribution in [1.82, 2.24) is 15.0 Å². The van der Waals surface area contributed by atoms with Crippen LogP contribution >= 0.6 is 22.6 Å². The summed E-state index contributed by atoms with van der Waals surface area (Å²) >= 11 is 2.21. The van der Waals surface area contributed by atoms with E-state index in [1.807, 2.05) is 6.07 Å². The molecule has 0 bridgehead atoms. The molecular weight excluding hydrogens is 674 g/mol. The molecule has 226 valence electrons. The summed E-state index contributed by atoms with van der Waals surface area (Å²) in [5.74, 6) is 1.57. The fourth-order valence-electron chi connectivity index (χ4n) is 3.64. The molecule has 0 fully saturated rings. The standard InChI is InChI=1S/C30H43F3IN3O2Si2/c1-12-21-17-23(26-27(34)37(36-35-26)19-20-13-15-22(16-14-20)30(31,32)33)25(39-41(10,11)29(5,6)7)18-24(21)38-40(8,9)28(2,3)4/h13-18H,12,19H2,1-11H3. The lowest BCUT2D eigenvalue weighted by molar-refractivity contribution is -0.137. The number of aromatic nitrogens is 3. The molecule has 0 unspecified atom stereocenters. The minimum Gasteiger partial charge on any atom is -0.543 e. The van der Waals surface area contributed by atoms with Crippen LogP contribution in [0.4, 0.5) is 13.2 Å². The SMILES string of the molecule is CCc1cc(-c2nnn(Cc3ccc(C(F)(F)F)cc3)c2I)c(O[Si](C)(C)C(C)(C)C)cc1O[Si](C)(C)C(C)(C)C. The Morgan fingerprint density at radius 2 is 1.34 bits per heavy atom. The van der Waals surface area contributed by atoms with Crippen LogP contribution in [-0.2, 0) is 19.1 Å². The van der Waals surface area contributed by atoms with Gasteiger partial charge in [0.1, 0.15) is 20.9 Å². The molecule has 0 radical (unpaired) electrons. The molecule has 3 rings (SSSR count). The van der Waals surface area contributed by atoms with Crippen LogP contribution < -0.4 is 8.85 Å². The number of alkyl halides is 3. The molecule has 41 heavy (non-hydrogen) atoms. The van der Waals surface area contributed by atoms with Crippen molar-refractivity contribution in [3.05, 3.63) is 56.8 Å². The molecule has 0 atom stereocenters. The van der Waals surface area contributed by atoms with E-state index in [1.165, 1.54) is 12.1 Å². The number of hydrogen-bond acceptors (Lipinski definition) is 4. The zero-order valence-corrected chi connectivity index (χ0v) is 30.2. The molecule has 0 aliphatic rings. The maximum absolute atomic E-state index is 13.0. The highest BCUT2D eigenvalue weighted by Gasteiger charge is 2.42. The molecule has 0 aliphatic heterocycles. The summed E-state index contributed by atoms with van der Waals surface area (Å²) in [6, 6.07) is 9.31.